The van der Waals surface area contributed by atoms with Crippen LogP contribution in [0.1, 0.15) is 50.5 Å². The standard InChI is InChI=1S/C20H27N3O2/c1-5-7-10-13-23-19(24)17-12-9-8-11-16(17)18(21-23)20(25)22(6-2)14-15(3)4/h8-9,11-12H,3,5-7,10,13-14H2,1-2,4H3. The lowest BCUT2D eigenvalue weighted by Gasteiger charge is -2.21. The first kappa shape index (κ1) is 18.9. The number of fused-ring (bicyclic) bond motifs is 1. The Morgan fingerprint density at radius 1 is 1.20 bits per heavy atom. The van der Waals surface area contributed by atoms with Gasteiger partial charge in [-0.2, -0.15) is 5.10 Å². The van der Waals surface area contributed by atoms with Gasteiger partial charge in [-0.1, -0.05) is 50.1 Å². The lowest BCUT2D eigenvalue weighted by molar-refractivity contribution is 0.0772. The fourth-order valence-corrected chi connectivity index (χ4v) is 2.86. The fourth-order valence-electron chi connectivity index (χ4n) is 2.86. The third-order valence-electron chi connectivity index (χ3n) is 4.17. The summed E-state index contributed by atoms with van der Waals surface area (Å²) in [7, 11) is 0. The second-order valence-corrected chi connectivity index (χ2v) is 6.41. The number of aromatic nitrogens is 2. The highest BCUT2D eigenvalue weighted by atomic mass is 16.2. The number of benzene rings is 1. The quantitative estimate of drug-likeness (QED) is 0.544. The highest BCUT2D eigenvalue weighted by Gasteiger charge is 2.21. The third kappa shape index (κ3) is 4.35. The molecule has 0 radical (unpaired) electrons. The monoisotopic (exact) mass is 341 g/mol. The molecular formula is C20H27N3O2. The zero-order valence-corrected chi connectivity index (χ0v) is 15.4. The summed E-state index contributed by atoms with van der Waals surface area (Å²) in [4.78, 5) is 27.4. The molecule has 2 rings (SSSR count). The Labute approximate surface area is 149 Å². The van der Waals surface area contributed by atoms with Crippen molar-refractivity contribution in [2.24, 2.45) is 0 Å². The molecule has 0 spiro atoms. The maximum Gasteiger partial charge on any atom is 0.275 e. The Kier molecular flexibility index (Phi) is 6.51. The number of amides is 1. The van der Waals surface area contributed by atoms with E-state index in [-0.39, 0.29) is 11.5 Å². The lowest BCUT2D eigenvalue weighted by atomic mass is 10.1. The second-order valence-electron chi connectivity index (χ2n) is 6.41. The van der Waals surface area contributed by atoms with Crippen molar-refractivity contribution in [3.8, 4) is 0 Å². The SMILES string of the molecule is C=C(C)CN(CC)C(=O)c1nn(CCCCC)c(=O)c2ccccc12. The van der Waals surface area contributed by atoms with Crippen molar-refractivity contribution >= 4 is 16.7 Å². The molecular weight excluding hydrogens is 314 g/mol. The Morgan fingerprint density at radius 3 is 2.48 bits per heavy atom. The van der Waals surface area contributed by atoms with Gasteiger partial charge in [-0.15, -0.1) is 0 Å². The number of likely N-dealkylation sites (N-methyl/N-ethyl adjacent to an activating group) is 1. The van der Waals surface area contributed by atoms with E-state index in [1.165, 1.54) is 4.68 Å². The summed E-state index contributed by atoms with van der Waals surface area (Å²) in [5, 5.41) is 5.59. The summed E-state index contributed by atoms with van der Waals surface area (Å²) < 4.78 is 1.44. The van der Waals surface area contributed by atoms with Gasteiger partial charge in [0.2, 0.25) is 0 Å². The number of hydrogen-bond acceptors (Lipinski definition) is 3. The molecule has 134 valence electrons. The average molecular weight is 341 g/mol. The molecule has 0 bridgehead atoms. The Balaban J connectivity index is 2.53. The fraction of sp³-hybridized carbons (Fsp3) is 0.450. The van der Waals surface area contributed by atoms with E-state index >= 15 is 0 Å². The normalized spacial score (nSPS) is 10.8. The van der Waals surface area contributed by atoms with E-state index in [9.17, 15) is 9.59 Å². The topological polar surface area (TPSA) is 55.2 Å². The minimum Gasteiger partial charge on any atom is -0.334 e. The van der Waals surface area contributed by atoms with Crippen LogP contribution in [-0.4, -0.2) is 33.7 Å². The number of nitrogens with zero attached hydrogens (tertiary/aromatic N) is 3. The van der Waals surface area contributed by atoms with Crippen LogP contribution >= 0.6 is 0 Å². The number of carbonyl (C=O) groups is 1. The van der Waals surface area contributed by atoms with E-state index in [1.807, 2.05) is 26.0 Å². The zero-order chi connectivity index (χ0) is 18.4. The smallest absolute Gasteiger partial charge is 0.275 e. The van der Waals surface area contributed by atoms with Gasteiger partial charge in [-0.05, 0) is 26.3 Å². The molecule has 5 heteroatoms. The summed E-state index contributed by atoms with van der Waals surface area (Å²) >= 11 is 0. The van der Waals surface area contributed by atoms with Crippen molar-refractivity contribution in [2.75, 3.05) is 13.1 Å². The second kappa shape index (κ2) is 8.60. The summed E-state index contributed by atoms with van der Waals surface area (Å²) in [5.74, 6) is -0.161. The number of unbranched alkanes of at least 4 members (excludes halogenated alkanes) is 2. The average Bonchev–Trinajstić information content (AvgIpc) is 2.61. The summed E-state index contributed by atoms with van der Waals surface area (Å²) in [6.07, 6.45) is 2.97. The summed E-state index contributed by atoms with van der Waals surface area (Å²) in [6, 6.07) is 7.21. The molecule has 5 nitrogen and oxygen atoms in total. The molecule has 0 saturated carbocycles. The highest BCUT2D eigenvalue weighted by Crippen LogP contribution is 2.16. The van der Waals surface area contributed by atoms with Crippen LogP contribution in [0.25, 0.3) is 10.8 Å². The lowest BCUT2D eigenvalue weighted by Crippen LogP contribution is -2.35. The minimum absolute atomic E-state index is 0.133. The zero-order valence-electron chi connectivity index (χ0n) is 15.4. The minimum atomic E-state index is -0.161. The molecule has 1 heterocycles. The van der Waals surface area contributed by atoms with Gasteiger partial charge in [0, 0.05) is 25.0 Å². The van der Waals surface area contributed by atoms with E-state index in [4.69, 9.17) is 0 Å². The van der Waals surface area contributed by atoms with Crippen LogP contribution in [-0.2, 0) is 6.54 Å². The van der Waals surface area contributed by atoms with Gasteiger partial charge in [-0.25, -0.2) is 4.68 Å². The first-order valence-electron chi connectivity index (χ1n) is 8.93. The van der Waals surface area contributed by atoms with Crippen molar-refractivity contribution in [3.63, 3.8) is 0 Å². The van der Waals surface area contributed by atoms with Gasteiger partial charge in [-0.3, -0.25) is 9.59 Å². The van der Waals surface area contributed by atoms with Crippen LogP contribution in [0.2, 0.25) is 0 Å². The number of carbonyl (C=O) groups excluding carboxylic acids is 1. The molecule has 1 amide bonds. The van der Waals surface area contributed by atoms with Crippen LogP contribution in [0, 0.1) is 0 Å². The Morgan fingerprint density at radius 2 is 1.88 bits per heavy atom. The molecule has 0 aliphatic heterocycles. The van der Waals surface area contributed by atoms with Gasteiger partial charge >= 0.3 is 0 Å². The largest absolute Gasteiger partial charge is 0.334 e. The van der Waals surface area contributed by atoms with E-state index in [0.717, 1.165) is 24.8 Å². The number of rotatable bonds is 8. The van der Waals surface area contributed by atoms with Crippen LogP contribution in [0.3, 0.4) is 0 Å². The maximum atomic E-state index is 13.0. The van der Waals surface area contributed by atoms with E-state index in [0.29, 0.717) is 36.1 Å². The van der Waals surface area contributed by atoms with E-state index < -0.39 is 0 Å². The number of aryl methyl sites for hydroxylation is 1. The molecule has 1 aromatic carbocycles. The molecule has 0 aliphatic carbocycles. The van der Waals surface area contributed by atoms with Crippen molar-refractivity contribution in [3.05, 3.63) is 52.5 Å². The van der Waals surface area contributed by atoms with E-state index in [1.54, 1.807) is 17.0 Å². The van der Waals surface area contributed by atoms with Crippen LogP contribution in [0.4, 0.5) is 0 Å². The predicted molar refractivity (Wildman–Crippen MR) is 102 cm³/mol. The Hall–Kier alpha value is -2.43. The number of hydrogen-bond donors (Lipinski definition) is 0. The van der Waals surface area contributed by atoms with Gasteiger partial charge in [0.05, 0.1) is 5.39 Å². The van der Waals surface area contributed by atoms with Crippen LogP contribution in [0.5, 0.6) is 0 Å². The van der Waals surface area contributed by atoms with Crippen molar-refractivity contribution in [1.29, 1.82) is 0 Å². The first-order valence-corrected chi connectivity index (χ1v) is 8.93. The van der Waals surface area contributed by atoms with Gasteiger partial charge in [0.25, 0.3) is 11.5 Å². The first-order chi connectivity index (χ1) is 12.0. The van der Waals surface area contributed by atoms with Crippen molar-refractivity contribution < 1.29 is 4.79 Å². The van der Waals surface area contributed by atoms with Gasteiger partial charge < -0.3 is 4.90 Å². The molecule has 1 aromatic heterocycles. The molecule has 2 aromatic rings. The summed E-state index contributed by atoms with van der Waals surface area (Å²) in [5.41, 5.74) is 1.12. The molecule has 0 unspecified atom stereocenters. The van der Waals surface area contributed by atoms with Crippen molar-refractivity contribution in [2.45, 2.75) is 46.6 Å². The van der Waals surface area contributed by atoms with Gasteiger partial charge in [0.15, 0.2) is 5.69 Å². The third-order valence-corrected chi connectivity index (χ3v) is 4.17. The highest BCUT2D eigenvalue weighted by molar-refractivity contribution is 6.04. The molecule has 0 N–H and O–H groups in total. The molecule has 0 saturated heterocycles. The predicted octanol–water partition coefficient (Wildman–Crippen LogP) is 3.62. The van der Waals surface area contributed by atoms with Crippen LogP contribution < -0.4 is 5.56 Å². The molecule has 0 fully saturated rings. The molecule has 0 atom stereocenters. The van der Waals surface area contributed by atoms with E-state index in [2.05, 4.69) is 18.6 Å². The molecule has 25 heavy (non-hydrogen) atoms. The Bertz CT molecular complexity index is 823. The maximum absolute atomic E-state index is 13.0. The van der Waals surface area contributed by atoms with Gasteiger partial charge in [0.1, 0.15) is 0 Å². The molecule has 0 aliphatic rings. The van der Waals surface area contributed by atoms with Crippen molar-refractivity contribution in [1.82, 2.24) is 14.7 Å². The summed E-state index contributed by atoms with van der Waals surface area (Å²) in [6.45, 7) is 11.4. The van der Waals surface area contributed by atoms with Crippen LogP contribution in [0.15, 0.2) is 41.2 Å².